The maximum absolute atomic E-state index is 13.7. The van der Waals surface area contributed by atoms with Crippen molar-refractivity contribution in [2.24, 2.45) is 17.9 Å². The van der Waals surface area contributed by atoms with E-state index in [1.807, 2.05) is 36.0 Å². The fourth-order valence-electron chi connectivity index (χ4n) is 9.92. The number of aliphatic carboxylic acids is 1. The standard InChI is InChI=1S/C43H49Cl2N7O4/c1-25(2)52-19-11-27-21-33(46-22-30(27)26(52)3)39(53)48-31-9-5-7-28(36(31)44)29-8-6-10-32(37(29)45)49-40(54)38-47-34-23-51(18-12-35(34)50(38)4)20-17-42-13-15-43(24-42,16-14-42)41(55)56/h5-10,21-22,25-26H,11-20,23-24H2,1-4H3,(H,48,53)(H,49,54)(H,55,56). The van der Waals surface area contributed by atoms with E-state index in [1.54, 1.807) is 24.3 Å². The van der Waals surface area contributed by atoms with Crippen molar-refractivity contribution < 1.29 is 19.5 Å². The molecule has 4 aliphatic rings. The molecule has 2 bridgehead atoms. The molecule has 2 fully saturated rings. The number of carboxylic acids is 1. The van der Waals surface area contributed by atoms with Crippen molar-refractivity contribution in [1.29, 1.82) is 0 Å². The van der Waals surface area contributed by atoms with Crippen LogP contribution in [0.5, 0.6) is 0 Å². The fourth-order valence-corrected chi connectivity index (χ4v) is 10.5. The van der Waals surface area contributed by atoms with Crippen LogP contribution in [0, 0.1) is 10.8 Å². The van der Waals surface area contributed by atoms with Crippen molar-refractivity contribution in [1.82, 2.24) is 24.3 Å². The van der Waals surface area contributed by atoms with Gasteiger partial charge in [0.1, 0.15) is 5.69 Å². The van der Waals surface area contributed by atoms with Crippen molar-refractivity contribution in [3.8, 4) is 11.1 Å². The third-order valence-corrected chi connectivity index (χ3v) is 14.0. The van der Waals surface area contributed by atoms with Crippen molar-refractivity contribution >= 4 is 52.4 Å². The van der Waals surface area contributed by atoms with Gasteiger partial charge in [0.15, 0.2) is 5.82 Å². The molecule has 4 heterocycles. The van der Waals surface area contributed by atoms with E-state index >= 15 is 0 Å². The molecule has 3 N–H and O–H groups in total. The third-order valence-electron chi connectivity index (χ3n) is 13.2. The zero-order chi connectivity index (χ0) is 39.5. The number of fused-ring (bicyclic) bond motifs is 4. The van der Waals surface area contributed by atoms with Gasteiger partial charge in [0.2, 0.25) is 0 Å². The molecule has 11 nitrogen and oxygen atoms in total. The number of carbonyl (C=O) groups excluding carboxylic acids is 2. The maximum atomic E-state index is 13.7. The smallest absolute Gasteiger partial charge is 0.309 e. The second-order valence-electron chi connectivity index (χ2n) is 16.7. The van der Waals surface area contributed by atoms with Crippen LogP contribution in [0.15, 0.2) is 48.7 Å². The summed E-state index contributed by atoms with van der Waals surface area (Å²) in [5.41, 5.74) is 6.19. The lowest BCUT2D eigenvalue weighted by molar-refractivity contribution is -0.148. The molecule has 1 unspecified atom stereocenters. The van der Waals surface area contributed by atoms with Crippen LogP contribution in [-0.2, 0) is 31.2 Å². The highest BCUT2D eigenvalue weighted by Gasteiger charge is 2.57. The summed E-state index contributed by atoms with van der Waals surface area (Å²) < 4.78 is 1.87. The van der Waals surface area contributed by atoms with Gasteiger partial charge in [-0.2, -0.15) is 0 Å². The summed E-state index contributed by atoms with van der Waals surface area (Å²) in [6.07, 6.45) is 8.81. The zero-order valence-electron chi connectivity index (χ0n) is 32.4. The summed E-state index contributed by atoms with van der Waals surface area (Å²) in [4.78, 5) is 53.3. The summed E-state index contributed by atoms with van der Waals surface area (Å²) in [5.74, 6) is -1.05. The number of rotatable bonds is 10. The fraction of sp³-hybridized carbons (Fsp3) is 0.465. The predicted octanol–water partition coefficient (Wildman–Crippen LogP) is 8.40. The lowest BCUT2D eigenvalue weighted by atomic mass is 9.80. The monoisotopic (exact) mass is 797 g/mol. The molecule has 2 amide bonds. The number of imidazole rings is 1. The average molecular weight is 799 g/mol. The Hall–Kier alpha value is -4.29. The quantitative estimate of drug-likeness (QED) is 0.146. The van der Waals surface area contributed by atoms with Crippen molar-refractivity contribution in [2.45, 2.75) is 90.8 Å². The molecule has 1 atom stereocenters. The highest BCUT2D eigenvalue weighted by Crippen LogP contribution is 2.63. The Balaban J connectivity index is 0.937. The Morgan fingerprint density at radius 1 is 0.946 bits per heavy atom. The highest BCUT2D eigenvalue weighted by atomic mass is 35.5. The van der Waals surface area contributed by atoms with E-state index in [4.69, 9.17) is 28.2 Å². The van der Waals surface area contributed by atoms with Gasteiger partial charge in [-0.25, -0.2) is 4.98 Å². The molecule has 4 aromatic rings. The van der Waals surface area contributed by atoms with Gasteiger partial charge < -0.3 is 20.3 Å². The van der Waals surface area contributed by atoms with E-state index < -0.39 is 11.4 Å². The molecule has 0 saturated heterocycles. The normalized spacial score (nSPS) is 23.2. The van der Waals surface area contributed by atoms with Gasteiger partial charge >= 0.3 is 5.97 Å². The van der Waals surface area contributed by atoms with Crippen molar-refractivity contribution in [2.75, 3.05) is 30.3 Å². The number of amides is 2. The Morgan fingerprint density at radius 3 is 2.23 bits per heavy atom. The van der Waals surface area contributed by atoms with Gasteiger partial charge in [-0.1, -0.05) is 47.5 Å². The first kappa shape index (κ1) is 38.6. The lowest BCUT2D eigenvalue weighted by Gasteiger charge is -2.37. The summed E-state index contributed by atoms with van der Waals surface area (Å²) in [7, 11) is 1.87. The molecule has 294 valence electrons. The molecule has 8 rings (SSSR count). The lowest BCUT2D eigenvalue weighted by Crippen LogP contribution is -2.39. The molecule has 2 aliphatic heterocycles. The number of carboxylic acid groups (broad SMARTS) is 1. The second kappa shape index (κ2) is 14.9. The van der Waals surface area contributed by atoms with E-state index in [-0.39, 0.29) is 23.3 Å². The van der Waals surface area contributed by atoms with Crippen LogP contribution in [0.4, 0.5) is 11.4 Å². The van der Waals surface area contributed by atoms with E-state index in [0.29, 0.717) is 56.7 Å². The maximum Gasteiger partial charge on any atom is 0.309 e. The number of benzene rings is 2. The van der Waals surface area contributed by atoms with Gasteiger partial charge in [0.05, 0.1) is 32.5 Å². The van der Waals surface area contributed by atoms with E-state index in [9.17, 15) is 19.5 Å². The molecular weight excluding hydrogens is 749 g/mol. The van der Waals surface area contributed by atoms with Crippen LogP contribution < -0.4 is 10.6 Å². The predicted molar refractivity (Wildman–Crippen MR) is 218 cm³/mol. The average Bonchev–Trinajstić information content (AvgIpc) is 3.86. The van der Waals surface area contributed by atoms with E-state index in [0.717, 1.165) is 93.5 Å². The molecule has 2 aliphatic carbocycles. The number of hydrogen-bond acceptors (Lipinski definition) is 7. The number of pyridine rings is 1. The summed E-state index contributed by atoms with van der Waals surface area (Å²) >= 11 is 13.9. The van der Waals surface area contributed by atoms with Gasteiger partial charge in [0, 0.05) is 68.2 Å². The van der Waals surface area contributed by atoms with Gasteiger partial charge in [-0.3, -0.25) is 29.2 Å². The van der Waals surface area contributed by atoms with E-state index in [2.05, 4.69) is 46.2 Å². The molecule has 2 aromatic heterocycles. The van der Waals surface area contributed by atoms with Gasteiger partial charge in [0.25, 0.3) is 11.8 Å². The van der Waals surface area contributed by atoms with Crippen LogP contribution >= 0.6 is 23.2 Å². The number of anilines is 2. The Labute approximate surface area is 337 Å². The topological polar surface area (TPSA) is 133 Å². The van der Waals surface area contributed by atoms with Crippen LogP contribution in [0.2, 0.25) is 10.0 Å². The number of aromatic nitrogens is 3. The Bertz CT molecular complexity index is 2230. The first-order chi connectivity index (χ1) is 26.8. The van der Waals surface area contributed by atoms with Crippen molar-refractivity contribution in [3.05, 3.63) is 92.7 Å². The van der Waals surface area contributed by atoms with Crippen LogP contribution in [0.1, 0.15) is 109 Å². The number of nitrogens with one attached hydrogen (secondary N) is 2. The highest BCUT2D eigenvalue weighted by molar-refractivity contribution is 6.40. The van der Waals surface area contributed by atoms with Crippen LogP contribution in [0.3, 0.4) is 0 Å². The number of nitrogens with zero attached hydrogens (tertiary/aromatic N) is 5. The minimum atomic E-state index is -0.627. The molecule has 2 aromatic carbocycles. The first-order valence-corrected chi connectivity index (χ1v) is 20.5. The Kier molecular flexibility index (Phi) is 10.3. The van der Waals surface area contributed by atoms with E-state index in [1.165, 1.54) is 0 Å². The SMILES string of the molecule is CC(C)N1CCc2cc(C(=O)Nc3cccc(-c4cccc(NC(=O)c5nc6c(n5C)CCN(CCC57CCC(C(=O)O)(CC5)C7)C6)c4Cl)c3Cl)ncc2C1C. The number of hydrogen-bond donors (Lipinski definition) is 3. The Morgan fingerprint density at radius 2 is 1.61 bits per heavy atom. The van der Waals surface area contributed by atoms with Gasteiger partial charge in [-0.15, -0.1) is 0 Å². The number of carbonyl (C=O) groups is 3. The summed E-state index contributed by atoms with van der Waals surface area (Å²) in [5, 5.41) is 16.4. The minimum Gasteiger partial charge on any atom is -0.481 e. The third kappa shape index (κ3) is 6.90. The number of halogens is 2. The summed E-state index contributed by atoms with van der Waals surface area (Å²) in [6, 6.07) is 13.2. The zero-order valence-corrected chi connectivity index (χ0v) is 33.9. The second-order valence-corrected chi connectivity index (χ2v) is 17.5. The largest absolute Gasteiger partial charge is 0.481 e. The molecule has 13 heteroatoms. The molecule has 2 saturated carbocycles. The molecule has 56 heavy (non-hydrogen) atoms. The molecule has 0 spiro atoms. The minimum absolute atomic E-state index is 0.135. The van der Waals surface area contributed by atoms with Crippen molar-refractivity contribution in [3.63, 3.8) is 0 Å². The first-order valence-electron chi connectivity index (χ1n) is 19.7. The molecular formula is C43H49Cl2N7O4. The summed E-state index contributed by atoms with van der Waals surface area (Å²) in [6.45, 7) is 9.90. The van der Waals surface area contributed by atoms with Gasteiger partial charge in [-0.05, 0) is 107 Å². The van der Waals surface area contributed by atoms with Crippen LogP contribution in [0.25, 0.3) is 11.1 Å². The van der Waals surface area contributed by atoms with Crippen LogP contribution in [-0.4, -0.2) is 72.9 Å². The molecule has 0 radical (unpaired) electrons.